The van der Waals surface area contributed by atoms with Crippen LogP contribution in [0.2, 0.25) is 5.02 Å². The monoisotopic (exact) mass is 377 g/mol. The van der Waals surface area contributed by atoms with Crippen molar-refractivity contribution >= 4 is 36.5 Å². The van der Waals surface area contributed by atoms with Crippen LogP contribution in [0.15, 0.2) is 23.7 Å². The predicted molar refractivity (Wildman–Crippen MR) is 104 cm³/mol. The first-order valence-corrected chi connectivity index (χ1v) is 8.92. The molecule has 0 bridgehead atoms. The molecule has 1 aromatic carbocycles. The van der Waals surface area contributed by atoms with Gasteiger partial charge in [0.2, 0.25) is 5.91 Å². The molecular weight excluding hydrogens is 352 g/mol. The largest absolute Gasteiger partial charge is 0.492 e. The van der Waals surface area contributed by atoms with Crippen molar-refractivity contribution in [2.45, 2.75) is 52.7 Å². The van der Waals surface area contributed by atoms with Crippen LogP contribution in [0.4, 0.5) is 0 Å². The van der Waals surface area contributed by atoms with Gasteiger partial charge in [-0.3, -0.25) is 9.59 Å². The Balaban J connectivity index is 2.38. The van der Waals surface area contributed by atoms with E-state index in [2.05, 4.69) is 5.32 Å². The second-order valence-electron chi connectivity index (χ2n) is 7.51. The maximum absolute atomic E-state index is 11.5. The van der Waals surface area contributed by atoms with Gasteiger partial charge in [-0.1, -0.05) is 29.8 Å². The van der Waals surface area contributed by atoms with Crippen LogP contribution in [0.3, 0.4) is 0 Å². The third-order valence-electron chi connectivity index (χ3n) is 4.85. The van der Waals surface area contributed by atoms with Crippen molar-refractivity contribution in [2.75, 3.05) is 6.54 Å². The van der Waals surface area contributed by atoms with Crippen LogP contribution in [-0.2, 0) is 14.1 Å². The summed E-state index contributed by atoms with van der Waals surface area (Å²) in [5, 5.41) is 3.24. The highest BCUT2D eigenvalue weighted by Crippen LogP contribution is 2.39. The lowest BCUT2D eigenvalue weighted by atomic mass is 9.77. The minimum Gasteiger partial charge on any atom is -0.400 e. The molecule has 5 nitrogen and oxygen atoms in total. The van der Waals surface area contributed by atoms with Gasteiger partial charge >= 0.3 is 7.12 Å². The van der Waals surface area contributed by atoms with Gasteiger partial charge in [-0.2, -0.15) is 0 Å². The van der Waals surface area contributed by atoms with Crippen LogP contribution in [0.25, 0.3) is 6.08 Å². The molecule has 140 valence electrons. The first-order valence-electron chi connectivity index (χ1n) is 8.54. The third kappa shape index (κ3) is 4.55. The van der Waals surface area contributed by atoms with Crippen LogP contribution in [-0.4, -0.2) is 36.6 Å². The van der Waals surface area contributed by atoms with Crippen LogP contribution in [0.5, 0.6) is 0 Å². The number of ketones is 1. The van der Waals surface area contributed by atoms with Crippen molar-refractivity contribution in [3.63, 3.8) is 0 Å². The van der Waals surface area contributed by atoms with Crippen LogP contribution < -0.4 is 5.32 Å². The summed E-state index contributed by atoms with van der Waals surface area (Å²) in [5.41, 5.74) is 1.04. The van der Waals surface area contributed by atoms with Crippen LogP contribution >= 0.6 is 11.6 Å². The molecule has 1 heterocycles. The smallest absolute Gasteiger partial charge is 0.400 e. The SMILES string of the molecule is CC(=O)NCC(=Cc1ccc(C(C)=O)cc1Cl)B1OC(C)(C)C(C)(C)O1. The second-order valence-corrected chi connectivity index (χ2v) is 7.92. The van der Waals surface area contributed by atoms with Gasteiger partial charge in [-0.15, -0.1) is 0 Å². The zero-order valence-corrected chi connectivity index (χ0v) is 16.9. The zero-order chi connectivity index (χ0) is 19.7. The molecule has 0 unspecified atom stereocenters. The predicted octanol–water partition coefficient (Wildman–Crippen LogP) is 3.69. The first kappa shape index (κ1) is 20.7. The number of carbonyl (C=O) groups excluding carboxylic acids is 2. The quantitative estimate of drug-likeness (QED) is 0.628. The number of amides is 1. The van der Waals surface area contributed by atoms with Gasteiger partial charge in [0, 0.05) is 24.1 Å². The Bertz CT molecular complexity index is 742. The first-order chi connectivity index (χ1) is 11.9. The van der Waals surface area contributed by atoms with Crippen LogP contribution in [0, 0.1) is 0 Å². The lowest BCUT2D eigenvalue weighted by Gasteiger charge is -2.32. The Morgan fingerprint density at radius 2 is 1.73 bits per heavy atom. The van der Waals surface area contributed by atoms with E-state index in [4.69, 9.17) is 20.9 Å². The van der Waals surface area contributed by atoms with Gasteiger partial charge in [0.25, 0.3) is 0 Å². The average Bonchev–Trinajstić information content (AvgIpc) is 2.72. The summed E-state index contributed by atoms with van der Waals surface area (Å²) in [6, 6.07) is 5.13. The summed E-state index contributed by atoms with van der Waals surface area (Å²) < 4.78 is 12.2. The number of hydrogen-bond acceptors (Lipinski definition) is 4. The Kier molecular flexibility index (Phi) is 6.00. The normalized spacial score (nSPS) is 18.7. The molecule has 0 radical (unpaired) electrons. The molecule has 1 saturated heterocycles. The summed E-state index contributed by atoms with van der Waals surface area (Å²) in [6.07, 6.45) is 1.84. The Morgan fingerprint density at radius 3 is 2.19 bits per heavy atom. The van der Waals surface area contributed by atoms with E-state index in [1.165, 1.54) is 13.8 Å². The van der Waals surface area contributed by atoms with Gasteiger partial charge in [-0.05, 0) is 51.7 Å². The number of hydrogen-bond donors (Lipinski definition) is 1. The molecule has 7 heteroatoms. The molecule has 0 saturated carbocycles. The Morgan fingerprint density at radius 1 is 1.15 bits per heavy atom. The topological polar surface area (TPSA) is 64.6 Å². The number of Topliss-reactive ketones (excluding diaryl/α,β-unsaturated/α-hetero) is 1. The van der Waals surface area contributed by atoms with E-state index in [0.717, 1.165) is 11.0 Å². The van der Waals surface area contributed by atoms with Gasteiger partial charge in [0.05, 0.1) is 11.2 Å². The van der Waals surface area contributed by atoms with E-state index in [0.29, 0.717) is 10.6 Å². The molecule has 1 aromatic rings. The van der Waals surface area contributed by atoms with Gasteiger partial charge in [0.1, 0.15) is 0 Å². The molecule has 0 aliphatic carbocycles. The fourth-order valence-electron chi connectivity index (χ4n) is 2.49. The van der Waals surface area contributed by atoms with E-state index < -0.39 is 18.3 Å². The van der Waals surface area contributed by atoms with Gasteiger partial charge in [0.15, 0.2) is 5.78 Å². The Hall–Kier alpha value is -1.63. The van der Waals surface area contributed by atoms with Crippen molar-refractivity contribution in [3.05, 3.63) is 39.8 Å². The summed E-state index contributed by atoms with van der Waals surface area (Å²) in [7, 11) is -0.601. The number of rotatable bonds is 5. The second kappa shape index (κ2) is 7.55. The highest BCUT2D eigenvalue weighted by Gasteiger charge is 2.52. The minimum atomic E-state index is -0.601. The highest BCUT2D eigenvalue weighted by molar-refractivity contribution is 6.56. The number of carbonyl (C=O) groups is 2. The van der Waals surface area contributed by atoms with Crippen LogP contribution in [0.1, 0.15) is 57.5 Å². The number of benzene rings is 1. The molecule has 1 aliphatic heterocycles. The summed E-state index contributed by atoms with van der Waals surface area (Å²) >= 11 is 6.33. The molecule has 1 N–H and O–H groups in total. The minimum absolute atomic E-state index is 0.0492. The number of nitrogens with one attached hydrogen (secondary N) is 1. The molecule has 0 atom stereocenters. The summed E-state index contributed by atoms with van der Waals surface area (Å²) in [6.45, 7) is 11.1. The molecular formula is C19H25BClNO4. The molecule has 1 amide bonds. The molecule has 26 heavy (non-hydrogen) atoms. The van der Waals surface area contributed by atoms with E-state index in [9.17, 15) is 9.59 Å². The molecule has 1 fully saturated rings. The lowest BCUT2D eigenvalue weighted by molar-refractivity contribution is -0.118. The van der Waals surface area contributed by atoms with Crippen molar-refractivity contribution in [1.29, 1.82) is 0 Å². The van der Waals surface area contributed by atoms with E-state index in [1.807, 2.05) is 33.8 Å². The fourth-order valence-corrected chi connectivity index (χ4v) is 2.72. The van der Waals surface area contributed by atoms with Crippen molar-refractivity contribution in [3.8, 4) is 0 Å². The fraction of sp³-hybridized carbons (Fsp3) is 0.474. The van der Waals surface area contributed by atoms with Gasteiger partial charge < -0.3 is 14.6 Å². The molecule has 0 aromatic heterocycles. The highest BCUT2D eigenvalue weighted by atomic mass is 35.5. The standard InChI is InChI=1S/C19H25BClNO4/c1-12(23)14-7-8-15(17(21)10-14)9-16(11-22-13(2)24)20-25-18(3,4)19(5,6)26-20/h7-10H,11H2,1-6H3,(H,22,24). The van der Waals surface area contributed by atoms with E-state index in [1.54, 1.807) is 18.2 Å². The molecule has 1 aliphatic rings. The zero-order valence-electron chi connectivity index (χ0n) is 16.1. The lowest BCUT2D eigenvalue weighted by Crippen LogP contribution is -2.41. The molecule has 2 rings (SSSR count). The van der Waals surface area contributed by atoms with Crippen molar-refractivity contribution in [2.24, 2.45) is 0 Å². The maximum atomic E-state index is 11.5. The maximum Gasteiger partial charge on any atom is 0.492 e. The van der Waals surface area contributed by atoms with Gasteiger partial charge in [-0.25, -0.2) is 0 Å². The Labute approximate surface area is 160 Å². The van der Waals surface area contributed by atoms with E-state index in [-0.39, 0.29) is 18.2 Å². The average molecular weight is 378 g/mol. The van der Waals surface area contributed by atoms with Crippen molar-refractivity contribution < 1.29 is 18.9 Å². The summed E-state index contributed by atoms with van der Waals surface area (Å²) in [5.74, 6) is -0.197. The van der Waals surface area contributed by atoms with E-state index >= 15 is 0 Å². The number of halogens is 1. The molecule has 0 spiro atoms. The summed E-state index contributed by atoms with van der Waals surface area (Å²) in [4.78, 5) is 22.9. The van der Waals surface area contributed by atoms with Crippen molar-refractivity contribution in [1.82, 2.24) is 5.32 Å². The third-order valence-corrected chi connectivity index (χ3v) is 5.17.